The van der Waals surface area contributed by atoms with Gasteiger partial charge in [0.2, 0.25) is 6.79 Å². The maximum absolute atomic E-state index is 12.3. The number of ether oxygens (including phenoxy) is 3. The third-order valence-corrected chi connectivity index (χ3v) is 4.31. The maximum Gasteiger partial charge on any atom is 0.340 e. The van der Waals surface area contributed by atoms with Crippen molar-refractivity contribution in [2.24, 2.45) is 0 Å². The van der Waals surface area contributed by atoms with Gasteiger partial charge in [-0.3, -0.25) is 14.0 Å². The van der Waals surface area contributed by atoms with Gasteiger partial charge in [0, 0.05) is 17.8 Å². The van der Waals surface area contributed by atoms with E-state index in [2.05, 4.69) is 15.5 Å². The average Bonchev–Trinajstić information content (AvgIpc) is 3.31. The van der Waals surface area contributed by atoms with Crippen LogP contribution in [0.3, 0.4) is 0 Å². The summed E-state index contributed by atoms with van der Waals surface area (Å²) in [6, 6.07) is 6.17. The molecule has 1 N–H and O–H groups in total. The highest BCUT2D eigenvalue weighted by Gasteiger charge is 2.21. The van der Waals surface area contributed by atoms with Crippen LogP contribution in [0.25, 0.3) is 5.65 Å². The van der Waals surface area contributed by atoms with Crippen molar-refractivity contribution in [1.29, 1.82) is 0 Å². The van der Waals surface area contributed by atoms with Gasteiger partial charge in [-0.25, -0.2) is 4.79 Å². The number of hydrogen-bond acceptors (Lipinski definition) is 8. The topological polar surface area (TPSA) is 121 Å². The molecule has 2 aromatic heterocycles. The largest absolute Gasteiger partial charge is 0.454 e. The molecule has 1 amide bonds. The SMILES string of the molecule is CC(=O)c1cc2c(cc1NC(=O)COC(=O)c1ccc3nnc(C)n3c1)OCO2. The molecule has 4 rings (SSSR count). The normalized spacial score (nSPS) is 12.1. The van der Waals surface area contributed by atoms with Gasteiger partial charge in [0.25, 0.3) is 5.91 Å². The summed E-state index contributed by atoms with van der Waals surface area (Å²) in [6.07, 6.45) is 1.54. The smallest absolute Gasteiger partial charge is 0.340 e. The molecule has 148 valence electrons. The van der Waals surface area contributed by atoms with Gasteiger partial charge in [-0.1, -0.05) is 0 Å². The highest BCUT2D eigenvalue weighted by molar-refractivity contribution is 6.05. The molecule has 0 bridgehead atoms. The molecule has 0 aliphatic carbocycles. The van der Waals surface area contributed by atoms with E-state index in [0.717, 1.165) is 0 Å². The van der Waals surface area contributed by atoms with Gasteiger partial charge in [-0.15, -0.1) is 10.2 Å². The number of aromatic nitrogens is 3. The van der Waals surface area contributed by atoms with E-state index in [1.54, 1.807) is 17.4 Å². The zero-order valence-corrected chi connectivity index (χ0v) is 15.6. The van der Waals surface area contributed by atoms with Crippen LogP contribution in [0.15, 0.2) is 30.5 Å². The Balaban J connectivity index is 1.44. The first-order valence-electron chi connectivity index (χ1n) is 8.65. The van der Waals surface area contributed by atoms with Crippen LogP contribution in [0.5, 0.6) is 11.5 Å². The van der Waals surface area contributed by atoms with Gasteiger partial charge in [0.15, 0.2) is 29.5 Å². The first-order chi connectivity index (χ1) is 13.9. The Labute approximate surface area is 164 Å². The molecule has 29 heavy (non-hydrogen) atoms. The Bertz CT molecular complexity index is 1150. The summed E-state index contributed by atoms with van der Waals surface area (Å²) in [6.45, 7) is 2.64. The van der Waals surface area contributed by atoms with Crippen molar-refractivity contribution in [2.75, 3.05) is 18.7 Å². The minimum atomic E-state index is -0.673. The Morgan fingerprint density at radius 1 is 1.17 bits per heavy atom. The highest BCUT2D eigenvalue weighted by Crippen LogP contribution is 2.37. The molecule has 0 saturated carbocycles. The number of carbonyl (C=O) groups is 3. The first-order valence-corrected chi connectivity index (χ1v) is 8.65. The standard InChI is InChI=1S/C19H16N4O6/c1-10(24)13-5-15-16(29-9-28-15)6-14(13)20-18(25)8-27-19(26)12-3-4-17-22-21-11(2)23(17)7-12/h3-7H,8-9H2,1-2H3,(H,20,25). The molecule has 3 heterocycles. The Morgan fingerprint density at radius 3 is 2.69 bits per heavy atom. The minimum Gasteiger partial charge on any atom is -0.454 e. The lowest BCUT2D eigenvalue weighted by atomic mass is 10.1. The summed E-state index contributed by atoms with van der Waals surface area (Å²) in [7, 11) is 0. The number of amides is 1. The van der Waals surface area contributed by atoms with E-state index < -0.39 is 18.5 Å². The number of esters is 1. The summed E-state index contributed by atoms with van der Waals surface area (Å²) in [5.74, 6) is -0.0618. The van der Waals surface area contributed by atoms with Crippen LogP contribution < -0.4 is 14.8 Å². The fourth-order valence-corrected chi connectivity index (χ4v) is 2.86. The predicted molar refractivity (Wildman–Crippen MR) is 99.2 cm³/mol. The van der Waals surface area contributed by atoms with Gasteiger partial charge in [-0.05, 0) is 32.0 Å². The third-order valence-electron chi connectivity index (χ3n) is 4.31. The number of nitrogens with zero attached hydrogens (tertiary/aromatic N) is 3. The molecule has 0 unspecified atom stereocenters. The van der Waals surface area contributed by atoms with Gasteiger partial charge in [0.1, 0.15) is 5.82 Å². The summed E-state index contributed by atoms with van der Waals surface area (Å²) in [5.41, 5.74) is 1.36. The number of pyridine rings is 1. The van der Waals surface area contributed by atoms with Crippen molar-refractivity contribution in [3.05, 3.63) is 47.4 Å². The summed E-state index contributed by atoms with van der Waals surface area (Å²) in [5, 5.41) is 10.4. The van der Waals surface area contributed by atoms with Crippen LogP contribution in [-0.2, 0) is 9.53 Å². The number of fused-ring (bicyclic) bond motifs is 2. The molecular weight excluding hydrogens is 380 g/mol. The molecule has 0 spiro atoms. The van der Waals surface area contributed by atoms with E-state index in [4.69, 9.17) is 14.2 Å². The van der Waals surface area contributed by atoms with Crippen molar-refractivity contribution in [3.8, 4) is 11.5 Å². The van der Waals surface area contributed by atoms with E-state index >= 15 is 0 Å². The van der Waals surface area contributed by atoms with Crippen LogP contribution in [0, 0.1) is 6.92 Å². The number of nitrogens with one attached hydrogen (secondary N) is 1. The fourth-order valence-electron chi connectivity index (χ4n) is 2.86. The Morgan fingerprint density at radius 2 is 1.93 bits per heavy atom. The second kappa shape index (κ2) is 7.23. The molecule has 10 nitrogen and oxygen atoms in total. The zero-order valence-electron chi connectivity index (χ0n) is 15.6. The van der Waals surface area contributed by atoms with Gasteiger partial charge in [0.05, 0.1) is 11.3 Å². The number of ketones is 1. The highest BCUT2D eigenvalue weighted by atomic mass is 16.7. The molecule has 0 atom stereocenters. The van der Waals surface area contributed by atoms with Gasteiger partial charge < -0.3 is 19.5 Å². The predicted octanol–water partition coefficient (Wildman–Crippen LogP) is 1.76. The Hall–Kier alpha value is -3.95. The van der Waals surface area contributed by atoms with E-state index in [0.29, 0.717) is 23.0 Å². The molecular formula is C19H16N4O6. The van der Waals surface area contributed by atoms with Crippen LogP contribution in [-0.4, -0.2) is 45.7 Å². The monoisotopic (exact) mass is 396 g/mol. The number of hydrogen-bond donors (Lipinski definition) is 1. The molecule has 0 saturated heterocycles. The van der Waals surface area contributed by atoms with Gasteiger partial charge >= 0.3 is 5.97 Å². The van der Waals surface area contributed by atoms with E-state index in [1.165, 1.54) is 31.3 Å². The third kappa shape index (κ3) is 3.59. The maximum atomic E-state index is 12.3. The van der Waals surface area contributed by atoms with Crippen molar-refractivity contribution >= 4 is 29.0 Å². The fraction of sp³-hybridized carbons (Fsp3) is 0.211. The summed E-state index contributed by atoms with van der Waals surface area (Å²) in [4.78, 5) is 36.4. The lowest BCUT2D eigenvalue weighted by Crippen LogP contribution is -2.22. The summed E-state index contributed by atoms with van der Waals surface area (Å²) < 4.78 is 17.2. The molecule has 1 aromatic carbocycles. The molecule has 0 fully saturated rings. The van der Waals surface area contributed by atoms with Crippen molar-refractivity contribution < 1.29 is 28.6 Å². The van der Waals surface area contributed by atoms with Crippen LogP contribution in [0.1, 0.15) is 33.5 Å². The quantitative estimate of drug-likeness (QED) is 0.512. The number of rotatable bonds is 5. The van der Waals surface area contributed by atoms with E-state index in [1.807, 2.05) is 0 Å². The molecule has 1 aliphatic heterocycles. The van der Waals surface area contributed by atoms with Crippen molar-refractivity contribution in [3.63, 3.8) is 0 Å². The van der Waals surface area contributed by atoms with Crippen molar-refractivity contribution in [1.82, 2.24) is 14.6 Å². The molecule has 0 radical (unpaired) electrons. The molecule has 1 aliphatic rings. The first kappa shape index (κ1) is 18.4. The zero-order chi connectivity index (χ0) is 20.5. The lowest BCUT2D eigenvalue weighted by molar-refractivity contribution is -0.119. The van der Waals surface area contributed by atoms with Crippen LogP contribution in [0.2, 0.25) is 0 Å². The van der Waals surface area contributed by atoms with Crippen LogP contribution in [0.4, 0.5) is 5.69 Å². The van der Waals surface area contributed by atoms with E-state index in [-0.39, 0.29) is 29.4 Å². The number of anilines is 1. The Kier molecular flexibility index (Phi) is 4.59. The van der Waals surface area contributed by atoms with Gasteiger partial charge in [-0.2, -0.15) is 0 Å². The second-order valence-corrected chi connectivity index (χ2v) is 6.32. The minimum absolute atomic E-state index is 0.0396. The van der Waals surface area contributed by atoms with Crippen LogP contribution >= 0.6 is 0 Å². The number of Topliss-reactive ketones (excluding diaryl/α,β-unsaturated/α-hetero) is 1. The van der Waals surface area contributed by atoms with E-state index in [9.17, 15) is 14.4 Å². The number of benzene rings is 1. The summed E-state index contributed by atoms with van der Waals surface area (Å²) >= 11 is 0. The lowest BCUT2D eigenvalue weighted by Gasteiger charge is -2.11. The van der Waals surface area contributed by atoms with Crippen molar-refractivity contribution in [2.45, 2.75) is 13.8 Å². The average molecular weight is 396 g/mol. The number of aryl methyl sites for hydroxylation is 1. The second-order valence-electron chi connectivity index (χ2n) is 6.32. The number of carbonyl (C=O) groups excluding carboxylic acids is 3. The molecule has 10 heteroatoms. The molecule has 3 aromatic rings.